The van der Waals surface area contributed by atoms with Gasteiger partial charge in [0.1, 0.15) is 6.17 Å². The van der Waals surface area contributed by atoms with Gasteiger partial charge >= 0.3 is 0 Å². The van der Waals surface area contributed by atoms with Gasteiger partial charge in [0.05, 0.1) is 6.54 Å². The van der Waals surface area contributed by atoms with E-state index in [0.717, 1.165) is 0 Å². The standard InChI is InChI=1S/C12H16N2O/c1-8-4-5-10(9(2)6-8)12-13-7-11(15)14(12)3/h4-6,12-13H,7H2,1-3H3. The Balaban J connectivity index is 2.34. The molecule has 2 rings (SSSR count). The maximum Gasteiger partial charge on any atom is 0.237 e. The molecule has 0 saturated carbocycles. The summed E-state index contributed by atoms with van der Waals surface area (Å²) >= 11 is 0. The van der Waals surface area contributed by atoms with Gasteiger partial charge in [0, 0.05) is 7.05 Å². The molecule has 0 aromatic heterocycles. The van der Waals surface area contributed by atoms with Gasteiger partial charge in [-0.15, -0.1) is 0 Å². The molecule has 0 spiro atoms. The van der Waals surface area contributed by atoms with Crippen LogP contribution in [-0.2, 0) is 4.79 Å². The Bertz CT molecular complexity index is 401. The third kappa shape index (κ3) is 1.75. The molecular formula is C12H16N2O. The first-order valence-electron chi connectivity index (χ1n) is 5.16. The number of carbonyl (C=O) groups excluding carboxylic acids is 1. The van der Waals surface area contributed by atoms with Crippen LogP contribution in [0.5, 0.6) is 0 Å². The Morgan fingerprint density at radius 3 is 2.67 bits per heavy atom. The molecule has 1 aromatic rings. The summed E-state index contributed by atoms with van der Waals surface area (Å²) in [4.78, 5) is 13.2. The summed E-state index contributed by atoms with van der Waals surface area (Å²) in [6.07, 6.45) is 0.0399. The first kappa shape index (κ1) is 10.2. The number of nitrogens with zero attached hydrogens (tertiary/aromatic N) is 1. The zero-order valence-corrected chi connectivity index (χ0v) is 9.37. The first-order valence-corrected chi connectivity index (χ1v) is 5.16. The van der Waals surface area contributed by atoms with Crippen LogP contribution in [0.25, 0.3) is 0 Å². The van der Waals surface area contributed by atoms with Crippen molar-refractivity contribution in [3.63, 3.8) is 0 Å². The average Bonchev–Trinajstić information content (AvgIpc) is 2.49. The van der Waals surface area contributed by atoms with Crippen molar-refractivity contribution in [2.24, 2.45) is 0 Å². The molecule has 3 heteroatoms. The fourth-order valence-corrected chi connectivity index (χ4v) is 2.04. The highest BCUT2D eigenvalue weighted by Crippen LogP contribution is 2.24. The third-order valence-corrected chi connectivity index (χ3v) is 2.95. The molecule has 3 nitrogen and oxygen atoms in total. The highest BCUT2D eigenvalue weighted by molar-refractivity contribution is 5.80. The van der Waals surface area contributed by atoms with Crippen molar-refractivity contribution in [2.75, 3.05) is 13.6 Å². The van der Waals surface area contributed by atoms with Crippen molar-refractivity contribution in [1.82, 2.24) is 10.2 Å². The number of amides is 1. The Kier molecular flexibility index (Phi) is 2.49. The highest BCUT2D eigenvalue weighted by Gasteiger charge is 2.28. The Morgan fingerprint density at radius 1 is 1.40 bits per heavy atom. The molecule has 1 amide bonds. The van der Waals surface area contributed by atoms with Crippen LogP contribution in [0, 0.1) is 13.8 Å². The van der Waals surface area contributed by atoms with Gasteiger partial charge in [-0.05, 0) is 25.0 Å². The van der Waals surface area contributed by atoms with Crippen LogP contribution < -0.4 is 5.32 Å². The molecule has 80 valence electrons. The van der Waals surface area contributed by atoms with Gasteiger partial charge in [-0.2, -0.15) is 0 Å². The summed E-state index contributed by atoms with van der Waals surface area (Å²) in [5.74, 6) is 0.153. The topological polar surface area (TPSA) is 32.3 Å². The summed E-state index contributed by atoms with van der Waals surface area (Å²) in [6.45, 7) is 4.60. The minimum atomic E-state index is 0.0399. The van der Waals surface area contributed by atoms with Crippen molar-refractivity contribution < 1.29 is 4.79 Å². The zero-order valence-electron chi connectivity index (χ0n) is 9.37. The molecule has 0 aliphatic carbocycles. The number of likely N-dealkylation sites (N-methyl/N-ethyl adjacent to an activating group) is 1. The van der Waals surface area contributed by atoms with Crippen molar-refractivity contribution in [2.45, 2.75) is 20.0 Å². The van der Waals surface area contributed by atoms with Gasteiger partial charge in [0.2, 0.25) is 5.91 Å². The predicted molar refractivity (Wildman–Crippen MR) is 59.4 cm³/mol. The van der Waals surface area contributed by atoms with Crippen LogP contribution in [0.1, 0.15) is 22.9 Å². The second kappa shape index (κ2) is 3.66. The SMILES string of the molecule is Cc1ccc(C2NCC(=O)N2C)c(C)c1. The number of rotatable bonds is 1. The summed E-state index contributed by atoms with van der Waals surface area (Å²) < 4.78 is 0. The fourth-order valence-electron chi connectivity index (χ4n) is 2.04. The lowest BCUT2D eigenvalue weighted by Crippen LogP contribution is -2.26. The van der Waals surface area contributed by atoms with Crippen LogP contribution in [-0.4, -0.2) is 24.4 Å². The van der Waals surface area contributed by atoms with E-state index in [2.05, 4.69) is 37.4 Å². The zero-order chi connectivity index (χ0) is 11.0. The number of aryl methyl sites for hydroxylation is 2. The molecule has 1 N–H and O–H groups in total. The summed E-state index contributed by atoms with van der Waals surface area (Å²) in [5, 5.41) is 3.21. The summed E-state index contributed by atoms with van der Waals surface area (Å²) in [5.41, 5.74) is 3.67. The molecule has 1 aromatic carbocycles. The maximum absolute atomic E-state index is 11.4. The lowest BCUT2D eigenvalue weighted by atomic mass is 10.0. The van der Waals surface area contributed by atoms with Crippen molar-refractivity contribution >= 4 is 5.91 Å². The molecule has 1 fully saturated rings. The monoisotopic (exact) mass is 204 g/mol. The van der Waals surface area contributed by atoms with E-state index in [9.17, 15) is 4.79 Å². The molecule has 1 heterocycles. The van der Waals surface area contributed by atoms with E-state index in [1.54, 1.807) is 4.90 Å². The summed E-state index contributed by atoms with van der Waals surface area (Å²) in [6, 6.07) is 6.33. The van der Waals surface area contributed by atoms with E-state index in [0.29, 0.717) is 6.54 Å². The van der Waals surface area contributed by atoms with Gasteiger partial charge in [-0.25, -0.2) is 0 Å². The van der Waals surface area contributed by atoms with Crippen LogP contribution in [0.2, 0.25) is 0 Å². The van der Waals surface area contributed by atoms with Gasteiger partial charge in [0.15, 0.2) is 0 Å². The molecule has 15 heavy (non-hydrogen) atoms. The number of benzene rings is 1. The molecule has 1 atom stereocenters. The van der Waals surface area contributed by atoms with E-state index in [-0.39, 0.29) is 12.1 Å². The first-order chi connectivity index (χ1) is 7.09. The van der Waals surface area contributed by atoms with Crippen molar-refractivity contribution in [1.29, 1.82) is 0 Å². The maximum atomic E-state index is 11.4. The van der Waals surface area contributed by atoms with Crippen LogP contribution in [0.4, 0.5) is 0 Å². The van der Waals surface area contributed by atoms with Crippen molar-refractivity contribution in [3.8, 4) is 0 Å². The molecular weight excluding hydrogens is 188 g/mol. The number of nitrogens with one attached hydrogen (secondary N) is 1. The number of hydrogen-bond donors (Lipinski definition) is 1. The van der Waals surface area contributed by atoms with E-state index < -0.39 is 0 Å². The normalized spacial score (nSPS) is 21.1. The minimum absolute atomic E-state index is 0.0399. The molecule has 1 aliphatic heterocycles. The Labute approximate surface area is 90.1 Å². The van der Waals surface area contributed by atoms with Crippen LogP contribution in [0.3, 0.4) is 0 Å². The van der Waals surface area contributed by atoms with Crippen LogP contribution >= 0.6 is 0 Å². The fraction of sp³-hybridized carbons (Fsp3) is 0.417. The van der Waals surface area contributed by atoms with Gasteiger partial charge in [-0.1, -0.05) is 23.8 Å². The quantitative estimate of drug-likeness (QED) is 0.749. The molecule has 1 aliphatic rings. The third-order valence-electron chi connectivity index (χ3n) is 2.95. The number of carbonyl (C=O) groups is 1. The molecule has 1 saturated heterocycles. The predicted octanol–water partition coefficient (Wildman–Crippen LogP) is 1.36. The van der Waals surface area contributed by atoms with E-state index in [1.165, 1.54) is 16.7 Å². The molecule has 1 unspecified atom stereocenters. The van der Waals surface area contributed by atoms with Gasteiger partial charge in [-0.3, -0.25) is 10.1 Å². The lowest BCUT2D eigenvalue weighted by molar-refractivity contribution is -0.126. The second-order valence-corrected chi connectivity index (χ2v) is 4.15. The Morgan fingerprint density at radius 2 is 2.13 bits per heavy atom. The lowest BCUT2D eigenvalue weighted by Gasteiger charge is -2.21. The smallest absolute Gasteiger partial charge is 0.237 e. The van der Waals surface area contributed by atoms with E-state index >= 15 is 0 Å². The molecule has 0 radical (unpaired) electrons. The van der Waals surface area contributed by atoms with Crippen molar-refractivity contribution in [3.05, 3.63) is 34.9 Å². The van der Waals surface area contributed by atoms with E-state index in [1.807, 2.05) is 7.05 Å². The van der Waals surface area contributed by atoms with Crippen LogP contribution in [0.15, 0.2) is 18.2 Å². The largest absolute Gasteiger partial charge is 0.325 e. The number of hydrogen-bond acceptors (Lipinski definition) is 2. The van der Waals surface area contributed by atoms with Gasteiger partial charge in [0.25, 0.3) is 0 Å². The van der Waals surface area contributed by atoms with Gasteiger partial charge < -0.3 is 4.90 Å². The Hall–Kier alpha value is -1.35. The average molecular weight is 204 g/mol. The second-order valence-electron chi connectivity index (χ2n) is 4.15. The minimum Gasteiger partial charge on any atom is -0.325 e. The summed E-state index contributed by atoms with van der Waals surface area (Å²) in [7, 11) is 1.84. The van der Waals surface area contributed by atoms with E-state index in [4.69, 9.17) is 0 Å². The highest BCUT2D eigenvalue weighted by atomic mass is 16.2. The molecule has 0 bridgehead atoms.